The van der Waals surface area contributed by atoms with Crippen molar-refractivity contribution in [3.8, 4) is 0 Å². The standard InChI is InChI=1S/C22H34O4/c23-13-5-3-1-2-4-9-17-18(21(25)14-20(17)24)10-7-12-22(26)15-16-8-6-11-19(16)22/h6-8,10,16-19,21,23,25-26H,1-5,9,11-15H2/b10-7+/t16?,17-,18-,19?,21-,22?/m1/s1. The van der Waals surface area contributed by atoms with E-state index in [4.69, 9.17) is 5.11 Å². The summed E-state index contributed by atoms with van der Waals surface area (Å²) >= 11 is 0. The van der Waals surface area contributed by atoms with Crippen LogP contribution in [0.1, 0.15) is 64.2 Å². The fraction of sp³-hybridized carbons (Fsp3) is 0.773. The lowest BCUT2D eigenvalue weighted by Crippen LogP contribution is -2.51. The molecule has 0 radical (unpaired) electrons. The maximum absolute atomic E-state index is 12.3. The fourth-order valence-corrected chi connectivity index (χ4v) is 5.20. The molecule has 0 aromatic carbocycles. The van der Waals surface area contributed by atoms with Crippen LogP contribution in [0.15, 0.2) is 24.3 Å². The second-order valence-corrected chi connectivity index (χ2v) is 8.58. The lowest BCUT2D eigenvalue weighted by molar-refractivity contribution is -0.121. The van der Waals surface area contributed by atoms with E-state index in [1.165, 1.54) is 0 Å². The van der Waals surface area contributed by atoms with Gasteiger partial charge in [0.1, 0.15) is 5.78 Å². The normalized spacial score (nSPS) is 38.9. The van der Waals surface area contributed by atoms with Crippen molar-refractivity contribution in [2.75, 3.05) is 6.61 Å². The third kappa shape index (κ3) is 4.29. The Morgan fingerprint density at radius 1 is 1.19 bits per heavy atom. The number of ketones is 1. The zero-order valence-electron chi connectivity index (χ0n) is 15.7. The van der Waals surface area contributed by atoms with Gasteiger partial charge in [-0.15, -0.1) is 0 Å². The van der Waals surface area contributed by atoms with Gasteiger partial charge in [-0.05, 0) is 43.9 Å². The summed E-state index contributed by atoms with van der Waals surface area (Å²) in [5.74, 6) is 0.921. The average molecular weight is 363 g/mol. The van der Waals surface area contributed by atoms with Crippen molar-refractivity contribution in [2.45, 2.75) is 75.9 Å². The number of fused-ring (bicyclic) bond motifs is 1. The van der Waals surface area contributed by atoms with Gasteiger partial charge in [0.25, 0.3) is 0 Å². The van der Waals surface area contributed by atoms with E-state index in [2.05, 4.69) is 12.2 Å². The molecule has 3 unspecified atom stereocenters. The Morgan fingerprint density at radius 2 is 1.96 bits per heavy atom. The van der Waals surface area contributed by atoms with Gasteiger partial charge < -0.3 is 15.3 Å². The minimum absolute atomic E-state index is 0.0731. The molecule has 3 N–H and O–H groups in total. The number of allylic oxidation sites excluding steroid dienone is 2. The van der Waals surface area contributed by atoms with Crippen molar-refractivity contribution in [3.63, 3.8) is 0 Å². The monoisotopic (exact) mass is 362 g/mol. The molecule has 26 heavy (non-hydrogen) atoms. The highest BCUT2D eigenvalue weighted by Crippen LogP contribution is 2.52. The Balaban J connectivity index is 1.46. The zero-order valence-corrected chi connectivity index (χ0v) is 15.7. The van der Waals surface area contributed by atoms with Gasteiger partial charge in [0, 0.05) is 24.9 Å². The van der Waals surface area contributed by atoms with Crippen molar-refractivity contribution in [1.82, 2.24) is 0 Å². The van der Waals surface area contributed by atoms with Crippen LogP contribution in [0.2, 0.25) is 0 Å². The molecule has 6 atom stereocenters. The molecule has 2 fully saturated rings. The number of rotatable bonds is 10. The minimum Gasteiger partial charge on any atom is -0.396 e. The van der Waals surface area contributed by atoms with Crippen LogP contribution >= 0.6 is 0 Å². The number of hydrogen-bond donors (Lipinski definition) is 3. The highest BCUT2D eigenvalue weighted by atomic mass is 16.3. The Morgan fingerprint density at radius 3 is 2.73 bits per heavy atom. The zero-order chi connectivity index (χ0) is 18.6. The van der Waals surface area contributed by atoms with E-state index in [9.17, 15) is 15.0 Å². The van der Waals surface area contributed by atoms with Gasteiger partial charge in [0.15, 0.2) is 0 Å². The second-order valence-electron chi connectivity index (χ2n) is 8.58. The molecule has 0 aromatic rings. The van der Waals surface area contributed by atoms with Crippen LogP contribution in [-0.4, -0.2) is 39.4 Å². The SMILES string of the molecule is O=C1C[C@@H](O)[C@H](/C=C/CC2(O)CC3C=CCC32)[C@H]1CCCCCCCO. The number of hydrogen-bond acceptors (Lipinski definition) is 4. The van der Waals surface area contributed by atoms with Gasteiger partial charge in [-0.25, -0.2) is 0 Å². The molecule has 146 valence electrons. The van der Waals surface area contributed by atoms with Crippen LogP contribution in [0.5, 0.6) is 0 Å². The first-order valence-electron chi connectivity index (χ1n) is 10.4. The van der Waals surface area contributed by atoms with Crippen molar-refractivity contribution in [1.29, 1.82) is 0 Å². The summed E-state index contributed by atoms with van der Waals surface area (Å²) in [5.41, 5.74) is -0.597. The van der Waals surface area contributed by atoms with E-state index in [-0.39, 0.29) is 30.6 Å². The van der Waals surface area contributed by atoms with Gasteiger partial charge in [-0.3, -0.25) is 4.79 Å². The first-order chi connectivity index (χ1) is 12.5. The van der Waals surface area contributed by atoms with Crippen LogP contribution in [-0.2, 0) is 4.79 Å². The number of carbonyl (C=O) groups is 1. The molecule has 0 aromatic heterocycles. The molecule has 2 saturated carbocycles. The molecule has 0 aliphatic heterocycles. The van der Waals surface area contributed by atoms with E-state index < -0.39 is 11.7 Å². The van der Waals surface area contributed by atoms with Gasteiger partial charge in [0.2, 0.25) is 0 Å². The Hall–Kier alpha value is -0.970. The van der Waals surface area contributed by atoms with Gasteiger partial charge >= 0.3 is 0 Å². The number of unbranched alkanes of at least 4 members (excludes halogenated alkanes) is 4. The van der Waals surface area contributed by atoms with Crippen LogP contribution < -0.4 is 0 Å². The summed E-state index contributed by atoms with van der Waals surface area (Å²) in [7, 11) is 0. The highest BCUT2D eigenvalue weighted by molar-refractivity contribution is 5.84. The lowest BCUT2D eigenvalue weighted by atomic mass is 9.61. The van der Waals surface area contributed by atoms with Crippen molar-refractivity contribution in [2.24, 2.45) is 23.7 Å². The first-order valence-corrected chi connectivity index (χ1v) is 10.4. The molecule has 3 rings (SSSR count). The van der Waals surface area contributed by atoms with E-state index in [0.717, 1.165) is 51.4 Å². The Kier molecular flexibility index (Phi) is 6.70. The smallest absolute Gasteiger partial charge is 0.139 e. The lowest BCUT2D eigenvalue weighted by Gasteiger charge is -2.48. The number of aliphatic hydroxyl groups excluding tert-OH is 2. The van der Waals surface area contributed by atoms with Crippen molar-refractivity contribution < 1.29 is 20.1 Å². The maximum atomic E-state index is 12.3. The Labute approximate surface area is 157 Å². The summed E-state index contributed by atoms with van der Waals surface area (Å²) in [4.78, 5) is 12.3. The molecule has 0 spiro atoms. The number of Topliss-reactive ketones (excluding diaryl/α,β-unsaturated/α-hetero) is 1. The van der Waals surface area contributed by atoms with Crippen LogP contribution in [0.4, 0.5) is 0 Å². The number of aliphatic hydroxyl groups is 3. The Bertz CT molecular complexity index is 540. The second kappa shape index (κ2) is 8.81. The summed E-state index contributed by atoms with van der Waals surface area (Å²) in [6.07, 6.45) is 16.4. The van der Waals surface area contributed by atoms with Gasteiger partial charge in [0.05, 0.1) is 11.7 Å². The molecular weight excluding hydrogens is 328 g/mol. The predicted octanol–water partition coefficient (Wildman–Crippen LogP) is 3.16. The van der Waals surface area contributed by atoms with Crippen LogP contribution in [0, 0.1) is 23.7 Å². The van der Waals surface area contributed by atoms with Gasteiger partial charge in [-0.2, -0.15) is 0 Å². The molecule has 0 heterocycles. The molecule has 0 saturated heterocycles. The summed E-state index contributed by atoms with van der Waals surface area (Å²) < 4.78 is 0. The molecule has 3 aliphatic carbocycles. The topological polar surface area (TPSA) is 77.8 Å². The molecule has 0 bridgehead atoms. The largest absolute Gasteiger partial charge is 0.396 e. The highest BCUT2D eigenvalue weighted by Gasteiger charge is 2.51. The molecule has 4 heteroatoms. The maximum Gasteiger partial charge on any atom is 0.139 e. The van der Waals surface area contributed by atoms with Crippen LogP contribution in [0.3, 0.4) is 0 Å². The average Bonchev–Trinajstić information content (AvgIpc) is 3.12. The molecular formula is C22H34O4. The van der Waals surface area contributed by atoms with Crippen molar-refractivity contribution >= 4 is 5.78 Å². The van der Waals surface area contributed by atoms with Crippen LogP contribution in [0.25, 0.3) is 0 Å². The fourth-order valence-electron chi connectivity index (χ4n) is 5.20. The summed E-state index contributed by atoms with van der Waals surface area (Å²) in [6, 6.07) is 0. The van der Waals surface area contributed by atoms with Crippen molar-refractivity contribution in [3.05, 3.63) is 24.3 Å². The minimum atomic E-state index is -0.597. The van der Waals surface area contributed by atoms with E-state index in [1.807, 2.05) is 12.2 Å². The predicted molar refractivity (Wildman–Crippen MR) is 101 cm³/mol. The quantitative estimate of drug-likeness (QED) is 0.412. The summed E-state index contributed by atoms with van der Waals surface area (Å²) in [6.45, 7) is 0.254. The molecule has 0 amide bonds. The third-order valence-corrected chi connectivity index (χ3v) is 6.81. The van der Waals surface area contributed by atoms with E-state index >= 15 is 0 Å². The summed E-state index contributed by atoms with van der Waals surface area (Å²) in [5, 5.41) is 29.8. The van der Waals surface area contributed by atoms with E-state index in [0.29, 0.717) is 18.3 Å². The van der Waals surface area contributed by atoms with E-state index in [1.54, 1.807) is 0 Å². The van der Waals surface area contributed by atoms with Gasteiger partial charge in [-0.1, -0.05) is 50.0 Å². The number of carbonyl (C=O) groups excluding carboxylic acids is 1. The first kappa shape index (κ1) is 19.8. The molecule has 3 aliphatic rings. The molecule has 4 nitrogen and oxygen atoms in total. The third-order valence-electron chi connectivity index (χ3n) is 6.81.